The number of nitrogens with two attached hydrogens (primary N) is 1. The number of carbonyl (C=O) groups excluding carboxylic acids is 5. The minimum atomic E-state index is -4.66. The second-order valence-corrected chi connectivity index (χ2v) is 12.9. The van der Waals surface area contributed by atoms with Gasteiger partial charge in [-0.25, -0.2) is 4.57 Å². The lowest BCUT2D eigenvalue weighted by Crippen LogP contribution is -2.58. The Balaban J connectivity index is 3.10. The van der Waals surface area contributed by atoms with Gasteiger partial charge in [-0.2, -0.15) is 0 Å². The van der Waals surface area contributed by atoms with Gasteiger partial charge in [-0.15, -0.1) is 0 Å². The minimum absolute atomic E-state index is 0.153. The Labute approximate surface area is 269 Å². The number of carbonyl (C=O) groups is 5. The van der Waals surface area contributed by atoms with Crippen LogP contribution in [0, 0.1) is 5.92 Å². The van der Waals surface area contributed by atoms with E-state index >= 15 is 0 Å². The minimum Gasteiger partial charge on any atom is -0.497 e. The molecule has 1 aliphatic rings. The summed E-state index contributed by atoms with van der Waals surface area (Å²) in [6.07, 6.45) is 3.44. The molecule has 46 heavy (non-hydrogen) atoms. The summed E-state index contributed by atoms with van der Waals surface area (Å²) in [6.45, 7) is 7.13. The second-order valence-electron chi connectivity index (χ2n) is 11.5. The van der Waals surface area contributed by atoms with Crippen molar-refractivity contribution >= 4 is 37.4 Å². The Kier molecular flexibility index (Phi) is 18.6. The van der Waals surface area contributed by atoms with Gasteiger partial charge >= 0.3 is 7.82 Å². The molecule has 8 N–H and O–H groups in total. The fourth-order valence-corrected chi connectivity index (χ4v) is 5.41. The number of rotatable bonds is 4. The van der Waals surface area contributed by atoms with E-state index in [2.05, 4.69) is 21.3 Å². The summed E-state index contributed by atoms with van der Waals surface area (Å²) < 4.78 is 28.1. The number of phosphoric acid groups is 1. The standard InChI is InChI=1S/C28H51N6O11P/c1-18(2)12-22-13-30-14-24(37)32-23(17-35)28(40)33-26(27(29)39)20(4)45-46(41,42)44-11-9-7-6-8-10-43-19(3)15-34(21(5)36)16-25(38)31-22/h8,10,18-20,22-23,26,30,35H,6-7,9,11-17H2,1-5H3,(H2,29,39)(H,31,38)(H,32,37)(H,33,40)(H,41,42). The van der Waals surface area contributed by atoms with Crippen LogP contribution in [0.4, 0.5) is 0 Å². The number of hydrogen-bond acceptors (Lipinski definition) is 11. The highest BCUT2D eigenvalue weighted by molar-refractivity contribution is 7.47. The van der Waals surface area contributed by atoms with Crippen molar-refractivity contribution in [1.29, 1.82) is 0 Å². The molecule has 1 rings (SSSR count). The molecule has 17 nitrogen and oxygen atoms in total. The molecule has 0 spiro atoms. The van der Waals surface area contributed by atoms with Crippen LogP contribution in [-0.4, -0.2) is 114 Å². The molecule has 18 heteroatoms. The predicted octanol–water partition coefficient (Wildman–Crippen LogP) is -0.973. The Morgan fingerprint density at radius 2 is 1.83 bits per heavy atom. The highest BCUT2D eigenvalue weighted by atomic mass is 31.2. The zero-order valence-corrected chi connectivity index (χ0v) is 28.1. The van der Waals surface area contributed by atoms with Gasteiger partial charge in [0.05, 0.1) is 45.2 Å². The van der Waals surface area contributed by atoms with Gasteiger partial charge in [0, 0.05) is 19.5 Å². The average molecular weight is 679 g/mol. The largest absolute Gasteiger partial charge is 0.497 e. The van der Waals surface area contributed by atoms with Crippen LogP contribution in [0.15, 0.2) is 12.3 Å². The number of allylic oxidation sites excluding steroid dienone is 1. The number of nitrogens with zero attached hydrogens (tertiary/aromatic N) is 1. The fraction of sp³-hybridized carbons (Fsp3) is 0.750. The smallest absolute Gasteiger partial charge is 0.472 e. The van der Waals surface area contributed by atoms with Crippen molar-refractivity contribution in [2.45, 2.75) is 90.6 Å². The Hall–Kier alpha value is -3.08. The first-order valence-corrected chi connectivity index (χ1v) is 16.8. The summed E-state index contributed by atoms with van der Waals surface area (Å²) in [5, 5.41) is 20.1. The van der Waals surface area contributed by atoms with Gasteiger partial charge in [-0.05, 0) is 51.5 Å². The number of aliphatic hydroxyl groups is 1. The van der Waals surface area contributed by atoms with Crippen LogP contribution in [0.2, 0.25) is 0 Å². The molecule has 5 amide bonds. The maximum absolute atomic E-state index is 12.9. The van der Waals surface area contributed by atoms with Gasteiger partial charge in [0.1, 0.15) is 18.2 Å². The molecule has 0 radical (unpaired) electrons. The molecule has 0 aromatic heterocycles. The number of phosphoric ester groups is 1. The van der Waals surface area contributed by atoms with E-state index in [0.29, 0.717) is 25.7 Å². The highest BCUT2D eigenvalue weighted by Crippen LogP contribution is 2.45. The summed E-state index contributed by atoms with van der Waals surface area (Å²) >= 11 is 0. The summed E-state index contributed by atoms with van der Waals surface area (Å²) in [7, 11) is -4.66. The molecule has 1 aliphatic heterocycles. The highest BCUT2D eigenvalue weighted by Gasteiger charge is 2.34. The summed E-state index contributed by atoms with van der Waals surface area (Å²) in [4.78, 5) is 74.0. The predicted molar refractivity (Wildman–Crippen MR) is 167 cm³/mol. The van der Waals surface area contributed by atoms with Crippen molar-refractivity contribution in [2.75, 3.05) is 39.4 Å². The van der Waals surface area contributed by atoms with E-state index in [1.165, 1.54) is 25.0 Å². The van der Waals surface area contributed by atoms with Crippen molar-refractivity contribution in [3.63, 3.8) is 0 Å². The molecule has 0 saturated carbocycles. The SMILES string of the molecule is CC(=O)N1CC(=O)NC(CC(C)C)CNCC(=O)NC(CO)C(=O)NC(C(N)=O)C(C)OP(=O)(O)OCCCCC=COC(C)C1. The monoisotopic (exact) mass is 678 g/mol. The van der Waals surface area contributed by atoms with Crippen LogP contribution in [-0.2, 0) is 42.3 Å². The molecule has 0 aliphatic carbocycles. The molecular formula is C28H51N6O11P. The Morgan fingerprint density at radius 3 is 2.43 bits per heavy atom. The molecule has 0 fully saturated rings. The van der Waals surface area contributed by atoms with Crippen molar-refractivity contribution in [1.82, 2.24) is 26.2 Å². The number of primary amides is 1. The van der Waals surface area contributed by atoms with Gasteiger partial charge in [0.25, 0.3) is 0 Å². The fourth-order valence-electron chi connectivity index (χ4n) is 4.44. The molecule has 0 aromatic carbocycles. The molecular weight excluding hydrogens is 627 g/mol. The van der Waals surface area contributed by atoms with Crippen molar-refractivity contribution in [2.24, 2.45) is 11.7 Å². The van der Waals surface area contributed by atoms with Crippen molar-refractivity contribution in [3.05, 3.63) is 12.3 Å². The van der Waals surface area contributed by atoms with Gasteiger partial charge < -0.3 is 46.6 Å². The molecule has 0 saturated heterocycles. The van der Waals surface area contributed by atoms with E-state index in [4.69, 9.17) is 19.5 Å². The van der Waals surface area contributed by atoms with Crippen LogP contribution in [0.25, 0.3) is 0 Å². The first-order valence-electron chi connectivity index (χ1n) is 15.3. The number of amides is 5. The van der Waals surface area contributed by atoms with Gasteiger partial charge in [0.2, 0.25) is 29.5 Å². The molecule has 6 atom stereocenters. The topological polar surface area (TPSA) is 248 Å². The van der Waals surface area contributed by atoms with E-state index in [1.807, 2.05) is 13.8 Å². The van der Waals surface area contributed by atoms with E-state index in [-0.39, 0.29) is 50.5 Å². The first-order chi connectivity index (χ1) is 21.5. The van der Waals surface area contributed by atoms with E-state index in [0.717, 1.165) is 0 Å². The third-order valence-corrected chi connectivity index (χ3v) is 7.80. The molecule has 0 aromatic rings. The quantitative estimate of drug-likeness (QED) is 0.178. The number of ether oxygens (including phenoxy) is 1. The maximum Gasteiger partial charge on any atom is 0.472 e. The van der Waals surface area contributed by atoms with E-state index in [9.17, 15) is 38.5 Å². The number of hydrogen-bond donors (Lipinski definition) is 7. The van der Waals surface area contributed by atoms with Crippen LogP contribution in [0.1, 0.15) is 60.3 Å². The summed E-state index contributed by atoms with van der Waals surface area (Å²) in [6, 6.07) is -3.49. The van der Waals surface area contributed by atoms with E-state index < -0.39 is 62.5 Å². The van der Waals surface area contributed by atoms with Crippen molar-refractivity contribution in [3.8, 4) is 0 Å². The van der Waals surface area contributed by atoms with Gasteiger partial charge in [-0.1, -0.05) is 13.8 Å². The van der Waals surface area contributed by atoms with Crippen LogP contribution < -0.4 is 27.0 Å². The molecule has 6 unspecified atom stereocenters. The van der Waals surface area contributed by atoms with Crippen molar-refractivity contribution < 1.29 is 52.3 Å². The lowest BCUT2D eigenvalue weighted by atomic mass is 10.0. The average Bonchev–Trinajstić information content (AvgIpc) is 2.93. The van der Waals surface area contributed by atoms with E-state index in [1.54, 1.807) is 13.0 Å². The molecule has 264 valence electrons. The molecule has 0 bridgehead atoms. The first kappa shape index (κ1) is 40.9. The second kappa shape index (κ2) is 20.9. The third kappa shape index (κ3) is 17.0. The summed E-state index contributed by atoms with van der Waals surface area (Å²) in [5.41, 5.74) is 5.37. The molecule has 1 heterocycles. The normalized spacial score (nSPS) is 29.5. The lowest BCUT2D eigenvalue weighted by Gasteiger charge is -2.26. The Bertz CT molecular complexity index is 1090. The lowest BCUT2D eigenvalue weighted by molar-refractivity contribution is -0.135. The van der Waals surface area contributed by atoms with Crippen LogP contribution in [0.3, 0.4) is 0 Å². The Morgan fingerprint density at radius 1 is 1.13 bits per heavy atom. The number of nitrogens with one attached hydrogen (secondary N) is 4. The van der Waals surface area contributed by atoms with Gasteiger partial charge in [-0.3, -0.25) is 33.0 Å². The third-order valence-electron chi connectivity index (χ3n) is 6.69. The maximum atomic E-state index is 12.9. The summed E-state index contributed by atoms with van der Waals surface area (Å²) in [5.74, 6) is -3.28. The zero-order chi connectivity index (χ0) is 34.9. The van der Waals surface area contributed by atoms with Crippen LogP contribution >= 0.6 is 7.82 Å². The van der Waals surface area contributed by atoms with Gasteiger partial charge in [0.15, 0.2) is 0 Å². The van der Waals surface area contributed by atoms with Crippen LogP contribution in [0.5, 0.6) is 0 Å². The number of aliphatic hydroxyl groups excluding tert-OH is 1. The zero-order valence-electron chi connectivity index (χ0n) is 27.2.